The third kappa shape index (κ3) is 3.18. The maximum atomic E-state index is 13.1. The zero-order valence-electron chi connectivity index (χ0n) is 13.3. The molecule has 1 aromatic carbocycles. The minimum absolute atomic E-state index is 0.277. The average Bonchev–Trinajstić information content (AvgIpc) is 2.72. The van der Waals surface area contributed by atoms with Crippen LogP contribution in [0.2, 0.25) is 0 Å². The molecule has 23 heavy (non-hydrogen) atoms. The Bertz CT molecular complexity index is 629. The molecule has 7 heteroatoms. The van der Waals surface area contributed by atoms with Crippen molar-refractivity contribution in [3.05, 3.63) is 35.6 Å². The second-order valence-electron chi connectivity index (χ2n) is 5.63. The molecule has 0 spiro atoms. The van der Waals surface area contributed by atoms with Crippen molar-refractivity contribution in [2.24, 2.45) is 0 Å². The second kappa shape index (κ2) is 6.36. The Labute approximate surface area is 133 Å². The second-order valence-corrected chi connectivity index (χ2v) is 5.63. The predicted octanol–water partition coefficient (Wildman–Crippen LogP) is 1.93. The SMILES string of the molecule is CCC1(c2ccc(F)cc2)NC(=O)N(CC(=O)OC(C)C)C1=O. The highest BCUT2D eigenvalue weighted by atomic mass is 19.1. The van der Waals surface area contributed by atoms with Crippen LogP contribution in [0, 0.1) is 5.82 Å². The Kier molecular flexibility index (Phi) is 4.68. The van der Waals surface area contributed by atoms with Gasteiger partial charge in [-0.05, 0) is 38.0 Å². The van der Waals surface area contributed by atoms with E-state index in [0.29, 0.717) is 5.56 Å². The summed E-state index contributed by atoms with van der Waals surface area (Å²) in [6.07, 6.45) is -0.0600. The molecule has 1 heterocycles. The first-order chi connectivity index (χ1) is 10.8. The maximum Gasteiger partial charge on any atom is 0.326 e. The summed E-state index contributed by atoms with van der Waals surface area (Å²) in [5, 5.41) is 2.62. The number of hydrogen-bond acceptors (Lipinski definition) is 4. The van der Waals surface area contributed by atoms with Crippen molar-refractivity contribution in [3.63, 3.8) is 0 Å². The first-order valence-corrected chi connectivity index (χ1v) is 7.39. The lowest BCUT2D eigenvalue weighted by molar-refractivity contribution is -0.151. The number of urea groups is 1. The van der Waals surface area contributed by atoms with Gasteiger partial charge in [0, 0.05) is 0 Å². The average molecular weight is 322 g/mol. The predicted molar refractivity (Wildman–Crippen MR) is 79.8 cm³/mol. The summed E-state index contributed by atoms with van der Waals surface area (Å²) in [4.78, 5) is 37.4. The summed E-state index contributed by atoms with van der Waals surface area (Å²) >= 11 is 0. The summed E-state index contributed by atoms with van der Waals surface area (Å²) < 4.78 is 18.1. The van der Waals surface area contributed by atoms with Gasteiger partial charge >= 0.3 is 12.0 Å². The third-order valence-corrected chi connectivity index (χ3v) is 3.70. The number of carbonyl (C=O) groups excluding carboxylic acids is 3. The van der Waals surface area contributed by atoms with Crippen molar-refractivity contribution in [2.45, 2.75) is 38.8 Å². The Morgan fingerprint density at radius 3 is 2.43 bits per heavy atom. The number of rotatable bonds is 5. The lowest BCUT2D eigenvalue weighted by atomic mass is 9.87. The van der Waals surface area contributed by atoms with Gasteiger partial charge in [0.05, 0.1) is 6.10 Å². The van der Waals surface area contributed by atoms with Gasteiger partial charge in [0.15, 0.2) is 0 Å². The quantitative estimate of drug-likeness (QED) is 0.664. The van der Waals surface area contributed by atoms with Crippen molar-refractivity contribution >= 4 is 17.9 Å². The number of nitrogens with zero attached hydrogens (tertiary/aromatic N) is 1. The summed E-state index contributed by atoms with van der Waals surface area (Å²) in [7, 11) is 0. The van der Waals surface area contributed by atoms with E-state index < -0.39 is 35.8 Å². The van der Waals surface area contributed by atoms with Gasteiger partial charge in [-0.3, -0.25) is 14.5 Å². The highest BCUT2D eigenvalue weighted by Gasteiger charge is 2.51. The van der Waals surface area contributed by atoms with E-state index in [1.807, 2.05) is 0 Å². The first-order valence-electron chi connectivity index (χ1n) is 7.39. The highest BCUT2D eigenvalue weighted by Crippen LogP contribution is 2.32. The molecule has 0 bridgehead atoms. The molecule has 1 unspecified atom stereocenters. The molecule has 1 fully saturated rings. The monoisotopic (exact) mass is 322 g/mol. The summed E-state index contributed by atoms with van der Waals surface area (Å²) in [5.74, 6) is -1.64. The lowest BCUT2D eigenvalue weighted by Gasteiger charge is -2.25. The smallest absolute Gasteiger partial charge is 0.326 e. The van der Waals surface area contributed by atoms with E-state index in [4.69, 9.17) is 4.74 Å². The van der Waals surface area contributed by atoms with E-state index in [2.05, 4.69) is 5.32 Å². The van der Waals surface area contributed by atoms with E-state index in [9.17, 15) is 18.8 Å². The molecule has 1 N–H and O–H groups in total. The number of hydrogen-bond donors (Lipinski definition) is 1. The first kappa shape index (κ1) is 16.9. The van der Waals surface area contributed by atoms with Crippen LogP contribution in [0.1, 0.15) is 32.8 Å². The number of benzene rings is 1. The topological polar surface area (TPSA) is 75.7 Å². The summed E-state index contributed by atoms with van der Waals surface area (Å²) in [6, 6.07) is 4.69. The third-order valence-electron chi connectivity index (χ3n) is 3.70. The van der Waals surface area contributed by atoms with Gasteiger partial charge in [-0.1, -0.05) is 19.1 Å². The van der Waals surface area contributed by atoms with Crippen LogP contribution in [0.3, 0.4) is 0 Å². The van der Waals surface area contributed by atoms with Crippen molar-refractivity contribution in [1.82, 2.24) is 10.2 Å². The van der Waals surface area contributed by atoms with Gasteiger partial charge in [0.25, 0.3) is 5.91 Å². The molecule has 1 aliphatic heterocycles. The molecule has 1 aliphatic rings. The van der Waals surface area contributed by atoms with Crippen LogP contribution in [0.15, 0.2) is 24.3 Å². The molecule has 0 aromatic heterocycles. The van der Waals surface area contributed by atoms with E-state index in [1.54, 1.807) is 20.8 Å². The Hall–Kier alpha value is -2.44. The zero-order valence-corrected chi connectivity index (χ0v) is 13.3. The van der Waals surface area contributed by atoms with E-state index in [-0.39, 0.29) is 12.5 Å². The van der Waals surface area contributed by atoms with E-state index in [1.165, 1.54) is 24.3 Å². The molecule has 2 rings (SSSR count). The number of amides is 3. The van der Waals surface area contributed by atoms with Crippen LogP contribution in [0.5, 0.6) is 0 Å². The number of carbonyl (C=O) groups is 3. The number of imide groups is 1. The molecule has 1 saturated heterocycles. The van der Waals surface area contributed by atoms with E-state index >= 15 is 0 Å². The molecule has 0 aliphatic carbocycles. The number of ether oxygens (including phenoxy) is 1. The fraction of sp³-hybridized carbons (Fsp3) is 0.438. The molecule has 0 radical (unpaired) electrons. The van der Waals surface area contributed by atoms with Crippen molar-refractivity contribution in [2.75, 3.05) is 6.54 Å². The summed E-state index contributed by atoms with van der Waals surface area (Å²) in [6.45, 7) is 4.64. The summed E-state index contributed by atoms with van der Waals surface area (Å²) in [5.41, 5.74) is -0.817. The van der Waals surface area contributed by atoms with Gasteiger partial charge in [-0.15, -0.1) is 0 Å². The zero-order chi connectivity index (χ0) is 17.2. The van der Waals surface area contributed by atoms with Crippen LogP contribution in [-0.4, -0.2) is 35.5 Å². The van der Waals surface area contributed by atoms with Crippen molar-refractivity contribution < 1.29 is 23.5 Å². The van der Waals surface area contributed by atoms with Gasteiger partial charge in [0.2, 0.25) is 0 Å². The maximum absolute atomic E-state index is 13.1. The van der Waals surface area contributed by atoms with Crippen molar-refractivity contribution in [1.29, 1.82) is 0 Å². The fourth-order valence-corrected chi connectivity index (χ4v) is 2.57. The Morgan fingerprint density at radius 1 is 1.30 bits per heavy atom. The molecule has 6 nitrogen and oxygen atoms in total. The lowest BCUT2D eigenvalue weighted by Crippen LogP contribution is -2.44. The van der Waals surface area contributed by atoms with Crippen LogP contribution in [0.25, 0.3) is 0 Å². The molecule has 0 saturated carbocycles. The minimum atomic E-state index is -1.29. The van der Waals surface area contributed by atoms with Crippen molar-refractivity contribution in [3.8, 4) is 0 Å². The number of esters is 1. The normalized spacial score (nSPS) is 20.8. The largest absolute Gasteiger partial charge is 0.462 e. The van der Waals surface area contributed by atoms with Crippen LogP contribution in [0.4, 0.5) is 9.18 Å². The van der Waals surface area contributed by atoms with Gasteiger partial charge in [0.1, 0.15) is 17.9 Å². The van der Waals surface area contributed by atoms with Crippen LogP contribution < -0.4 is 5.32 Å². The van der Waals surface area contributed by atoms with Crippen LogP contribution >= 0.6 is 0 Å². The van der Waals surface area contributed by atoms with Gasteiger partial charge < -0.3 is 10.1 Å². The standard InChI is InChI=1S/C16H19FN2O4/c1-4-16(11-5-7-12(17)8-6-11)14(21)19(15(22)18-16)9-13(20)23-10(2)3/h5-8,10H,4,9H2,1-3H3,(H,18,22). The molecular weight excluding hydrogens is 303 g/mol. The van der Waals surface area contributed by atoms with Gasteiger partial charge in [-0.2, -0.15) is 0 Å². The number of halogens is 1. The molecular formula is C16H19FN2O4. The van der Waals surface area contributed by atoms with Gasteiger partial charge in [-0.25, -0.2) is 9.18 Å². The Morgan fingerprint density at radius 2 is 1.91 bits per heavy atom. The Balaban J connectivity index is 2.27. The molecule has 3 amide bonds. The van der Waals surface area contributed by atoms with E-state index in [0.717, 1.165) is 4.90 Å². The van der Waals surface area contributed by atoms with Crippen LogP contribution in [-0.2, 0) is 19.9 Å². The molecule has 1 atom stereocenters. The molecule has 124 valence electrons. The fourth-order valence-electron chi connectivity index (χ4n) is 2.57. The number of nitrogens with one attached hydrogen (secondary N) is 1. The molecule has 1 aromatic rings. The minimum Gasteiger partial charge on any atom is -0.462 e. The highest BCUT2D eigenvalue weighted by molar-refractivity contribution is 6.09.